The third-order valence-corrected chi connectivity index (χ3v) is 4.08. The van der Waals surface area contributed by atoms with Crippen LogP contribution < -0.4 is 10.6 Å². The number of β-amino-alcohol motifs (C(OH)–C–C–N with tert-alkyl or cyclic N) is 1. The molecule has 18 heavy (non-hydrogen) atoms. The lowest BCUT2D eigenvalue weighted by atomic mass is 9.94. The quantitative estimate of drug-likeness (QED) is 0.737. The summed E-state index contributed by atoms with van der Waals surface area (Å²) in [6.45, 7) is 6.99. The summed E-state index contributed by atoms with van der Waals surface area (Å²) in [4.78, 5) is 0. The Hall–Kier alpha value is -0.900. The number of aliphatic hydroxyl groups is 1. The van der Waals surface area contributed by atoms with Gasteiger partial charge in [-0.25, -0.2) is 0 Å². The lowest BCUT2D eigenvalue weighted by Gasteiger charge is -2.24. The Bertz CT molecular complexity index is 355. The van der Waals surface area contributed by atoms with Crippen molar-refractivity contribution in [3.63, 3.8) is 0 Å². The SMILES string of the molecule is CC(NCC1CNCC1O)C(C)c1ccccc1. The summed E-state index contributed by atoms with van der Waals surface area (Å²) in [5.41, 5.74) is 1.36. The average molecular weight is 248 g/mol. The number of nitrogens with one attached hydrogen (secondary N) is 2. The van der Waals surface area contributed by atoms with Crippen LogP contribution in [0.25, 0.3) is 0 Å². The van der Waals surface area contributed by atoms with E-state index < -0.39 is 0 Å². The van der Waals surface area contributed by atoms with Crippen LogP contribution in [-0.2, 0) is 0 Å². The fourth-order valence-corrected chi connectivity index (χ4v) is 2.49. The molecule has 0 saturated carbocycles. The van der Waals surface area contributed by atoms with Crippen LogP contribution in [0.5, 0.6) is 0 Å². The summed E-state index contributed by atoms with van der Waals surface area (Å²) in [5, 5.41) is 16.5. The van der Waals surface area contributed by atoms with Crippen LogP contribution in [0.3, 0.4) is 0 Å². The van der Waals surface area contributed by atoms with Gasteiger partial charge in [-0.05, 0) is 18.4 Å². The van der Waals surface area contributed by atoms with Gasteiger partial charge in [-0.1, -0.05) is 37.3 Å². The second-order valence-electron chi connectivity index (χ2n) is 5.38. The van der Waals surface area contributed by atoms with Crippen molar-refractivity contribution in [2.75, 3.05) is 19.6 Å². The van der Waals surface area contributed by atoms with Gasteiger partial charge in [-0.3, -0.25) is 0 Å². The standard InChI is InChI=1S/C15H24N2O/c1-11(13-6-4-3-5-7-13)12(2)17-9-14-8-16-10-15(14)18/h3-7,11-12,14-18H,8-10H2,1-2H3. The zero-order valence-corrected chi connectivity index (χ0v) is 11.3. The molecule has 4 unspecified atom stereocenters. The van der Waals surface area contributed by atoms with E-state index in [1.807, 2.05) is 0 Å². The van der Waals surface area contributed by atoms with Crippen molar-refractivity contribution in [2.45, 2.75) is 31.9 Å². The summed E-state index contributed by atoms with van der Waals surface area (Å²) < 4.78 is 0. The molecule has 2 rings (SSSR count). The first-order valence-electron chi connectivity index (χ1n) is 6.85. The van der Waals surface area contributed by atoms with Gasteiger partial charge in [0.2, 0.25) is 0 Å². The Morgan fingerprint density at radius 3 is 2.61 bits per heavy atom. The predicted octanol–water partition coefficient (Wildman–Crippen LogP) is 1.35. The topological polar surface area (TPSA) is 44.3 Å². The van der Waals surface area contributed by atoms with E-state index in [1.165, 1.54) is 5.56 Å². The highest BCUT2D eigenvalue weighted by atomic mass is 16.3. The largest absolute Gasteiger partial charge is 0.391 e. The average Bonchev–Trinajstić information content (AvgIpc) is 2.81. The third kappa shape index (κ3) is 3.31. The fourth-order valence-electron chi connectivity index (χ4n) is 2.49. The van der Waals surface area contributed by atoms with Gasteiger partial charge >= 0.3 is 0 Å². The lowest BCUT2D eigenvalue weighted by Crippen LogP contribution is -2.38. The van der Waals surface area contributed by atoms with E-state index in [1.54, 1.807) is 0 Å². The van der Waals surface area contributed by atoms with Gasteiger partial charge < -0.3 is 15.7 Å². The fraction of sp³-hybridized carbons (Fsp3) is 0.600. The van der Waals surface area contributed by atoms with Crippen LogP contribution in [0, 0.1) is 5.92 Å². The van der Waals surface area contributed by atoms with E-state index >= 15 is 0 Å². The Balaban J connectivity index is 1.82. The highest BCUT2D eigenvalue weighted by Gasteiger charge is 2.25. The van der Waals surface area contributed by atoms with Crippen molar-refractivity contribution in [1.82, 2.24) is 10.6 Å². The van der Waals surface area contributed by atoms with Crippen molar-refractivity contribution in [3.05, 3.63) is 35.9 Å². The van der Waals surface area contributed by atoms with Gasteiger partial charge in [-0.2, -0.15) is 0 Å². The molecule has 1 aromatic carbocycles. The van der Waals surface area contributed by atoms with Crippen LogP contribution >= 0.6 is 0 Å². The highest BCUT2D eigenvalue weighted by Crippen LogP contribution is 2.19. The molecule has 3 heteroatoms. The monoisotopic (exact) mass is 248 g/mol. The molecule has 0 aromatic heterocycles. The minimum Gasteiger partial charge on any atom is -0.391 e. The maximum absolute atomic E-state index is 9.75. The zero-order valence-electron chi connectivity index (χ0n) is 11.3. The van der Waals surface area contributed by atoms with Crippen LogP contribution in [-0.4, -0.2) is 36.9 Å². The first-order valence-corrected chi connectivity index (χ1v) is 6.85. The molecule has 3 nitrogen and oxygen atoms in total. The van der Waals surface area contributed by atoms with Crippen molar-refractivity contribution in [3.8, 4) is 0 Å². The van der Waals surface area contributed by atoms with Gasteiger partial charge in [0.05, 0.1) is 6.10 Å². The van der Waals surface area contributed by atoms with Crippen LogP contribution in [0.2, 0.25) is 0 Å². The molecule has 100 valence electrons. The molecule has 0 bridgehead atoms. The Morgan fingerprint density at radius 1 is 1.28 bits per heavy atom. The van der Waals surface area contributed by atoms with E-state index in [0.29, 0.717) is 17.9 Å². The predicted molar refractivity (Wildman–Crippen MR) is 74.7 cm³/mol. The van der Waals surface area contributed by atoms with Crippen LogP contribution in [0.4, 0.5) is 0 Å². The van der Waals surface area contributed by atoms with Crippen LogP contribution in [0.1, 0.15) is 25.3 Å². The van der Waals surface area contributed by atoms with Crippen molar-refractivity contribution in [1.29, 1.82) is 0 Å². The van der Waals surface area contributed by atoms with Gasteiger partial charge in [0.1, 0.15) is 0 Å². The summed E-state index contributed by atoms with van der Waals surface area (Å²) in [5.74, 6) is 0.827. The van der Waals surface area contributed by atoms with Crippen LogP contribution in [0.15, 0.2) is 30.3 Å². The number of benzene rings is 1. The molecule has 0 aliphatic carbocycles. The van der Waals surface area contributed by atoms with E-state index in [0.717, 1.165) is 19.6 Å². The molecule has 0 amide bonds. The molecule has 1 saturated heterocycles. The van der Waals surface area contributed by atoms with E-state index in [4.69, 9.17) is 0 Å². The summed E-state index contributed by atoms with van der Waals surface area (Å²) in [6, 6.07) is 11.0. The normalized spacial score (nSPS) is 27.1. The molecule has 1 heterocycles. The van der Waals surface area contributed by atoms with Gasteiger partial charge in [0.25, 0.3) is 0 Å². The number of aliphatic hydroxyl groups excluding tert-OH is 1. The lowest BCUT2D eigenvalue weighted by molar-refractivity contribution is 0.144. The van der Waals surface area contributed by atoms with Gasteiger partial charge in [0, 0.05) is 31.6 Å². The minimum atomic E-state index is -0.197. The molecule has 1 aliphatic rings. The summed E-state index contributed by atoms with van der Waals surface area (Å²) >= 11 is 0. The Morgan fingerprint density at radius 2 is 2.00 bits per heavy atom. The number of hydrogen-bond donors (Lipinski definition) is 3. The second kappa shape index (κ2) is 6.32. The molecule has 3 N–H and O–H groups in total. The first-order chi connectivity index (χ1) is 8.68. The minimum absolute atomic E-state index is 0.197. The summed E-state index contributed by atoms with van der Waals surface area (Å²) in [7, 11) is 0. The molecule has 0 radical (unpaired) electrons. The molecule has 0 spiro atoms. The molecule has 1 aliphatic heterocycles. The van der Waals surface area contributed by atoms with Gasteiger partial charge in [-0.15, -0.1) is 0 Å². The Labute approximate surface area is 110 Å². The Kier molecular flexibility index (Phi) is 4.75. The number of rotatable bonds is 5. The molecule has 1 fully saturated rings. The first kappa shape index (κ1) is 13.5. The molecular weight excluding hydrogens is 224 g/mol. The van der Waals surface area contributed by atoms with E-state index in [-0.39, 0.29) is 6.10 Å². The maximum atomic E-state index is 9.75. The molecular formula is C15H24N2O. The van der Waals surface area contributed by atoms with Crippen molar-refractivity contribution < 1.29 is 5.11 Å². The molecule has 4 atom stereocenters. The van der Waals surface area contributed by atoms with Crippen molar-refractivity contribution >= 4 is 0 Å². The van der Waals surface area contributed by atoms with E-state index in [2.05, 4.69) is 54.8 Å². The molecule has 1 aromatic rings. The second-order valence-corrected chi connectivity index (χ2v) is 5.38. The van der Waals surface area contributed by atoms with Gasteiger partial charge in [0.15, 0.2) is 0 Å². The maximum Gasteiger partial charge on any atom is 0.0716 e. The smallest absolute Gasteiger partial charge is 0.0716 e. The summed E-state index contributed by atoms with van der Waals surface area (Å²) in [6.07, 6.45) is -0.197. The van der Waals surface area contributed by atoms with Crippen molar-refractivity contribution in [2.24, 2.45) is 5.92 Å². The van der Waals surface area contributed by atoms with E-state index in [9.17, 15) is 5.11 Å². The zero-order chi connectivity index (χ0) is 13.0. The third-order valence-electron chi connectivity index (χ3n) is 4.08. The number of hydrogen-bond acceptors (Lipinski definition) is 3. The highest BCUT2D eigenvalue weighted by molar-refractivity contribution is 5.20.